The summed E-state index contributed by atoms with van der Waals surface area (Å²) in [5.41, 5.74) is 0. The van der Waals surface area contributed by atoms with Gasteiger partial charge in [-0.15, -0.1) is 0 Å². The first kappa shape index (κ1) is 92.0. The Labute approximate surface area is 585 Å². The zero-order valence-corrected chi connectivity index (χ0v) is 64.3. The molecule has 0 aromatic heterocycles. The van der Waals surface area contributed by atoms with E-state index in [4.69, 9.17) is 18.5 Å². The molecule has 0 aliphatic rings. The van der Waals surface area contributed by atoms with E-state index in [1.54, 1.807) is 0 Å². The Morgan fingerprint density at radius 2 is 0.574 bits per heavy atom. The lowest BCUT2D eigenvalue weighted by Crippen LogP contribution is -2.37. The Kier molecular flexibility index (Phi) is 73.6. The van der Waals surface area contributed by atoms with Crippen LogP contribution in [0.1, 0.15) is 425 Å². The van der Waals surface area contributed by atoms with Crippen molar-refractivity contribution >= 4 is 19.8 Å². The van der Waals surface area contributed by atoms with Gasteiger partial charge in [-0.25, -0.2) is 0 Å². The average molecular weight is 1340 g/mol. The summed E-state index contributed by atoms with van der Waals surface area (Å²) in [7, 11) is 1.19. The lowest BCUT2D eigenvalue weighted by Gasteiger charge is -2.28. The minimum Gasteiger partial charge on any atom is -0.756 e. The van der Waals surface area contributed by atoms with Crippen LogP contribution in [0.4, 0.5) is 0 Å². The predicted octanol–water partition coefficient (Wildman–Crippen LogP) is 26.9. The van der Waals surface area contributed by atoms with Crippen molar-refractivity contribution < 1.29 is 42.1 Å². The Hall–Kier alpha value is -2.03. The second-order valence-electron chi connectivity index (χ2n) is 29.5. The van der Waals surface area contributed by atoms with Crippen LogP contribution < -0.4 is 4.89 Å². The summed E-state index contributed by atoms with van der Waals surface area (Å²) in [6, 6.07) is 0. The maximum Gasteiger partial charge on any atom is 0.306 e. The Morgan fingerprint density at radius 3 is 0.862 bits per heavy atom. The zero-order chi connectivity index (χ0) is 68.3. The second kappa shape index (κ2) is 75.2. The molecule has 9 nitrogen and oxygen atoms in total. The number of ether oxygens (including phenoxy) is 2. The highest BCUT2D eigenvalue weighted by Gasteiger charge is 2.22. The summed E-state index contributed by atoms with van der Waals surface area (Å²) in [6.07, 6.45) is 99.7. The molecule has 0 spiro atoms. The topological polar surface area (TPSA) is 111 Å². The standard InChI is InChI=1S/C84H160NO8P/c1-6-8-10-12-14-16-18-20-22-24-26-28-30-32-34-36-38-39-40-41-42-43-44-45-47-48-50-52-54-56-58-60-62-64-66-68-70-72-74-76-83(86)90-80-82(81-92-94(88,89)91-79-78-85(3,4)5)93-84(87)77-75-73-71-69-67-65-63-61-59-57-55-53-51-49-46-37-35-33-31-29-27-25-23-21-19-17-15-13-11-9-7-2/h19,21,24-27,31,33,82H,6-18,20,22-23,28-30,32,34-81H2,1-5H3/b21-19-,26-24-,27-25-,33-31-. The van der Waals surface area contributed by atoms with Crippen molar-refractivity contribution in [2.75, 3.05) is 47.5 Å². The van der Waals surface area contributed by atoms with Gasteiger partial charge in [0, 0.05) is 12.8 Å². The van der Waals surface area contributed by atoms with Crippen LogP contribution in [0.5, 0.6) is 0 Å². The number of unbranched alkanes of at least 4 members (excludes halogenated alkanes) is 56. The van der Waals surface area contributed by atoms with Gasteiger partial charge < -0.3 is 27.9 Å². The summed E-state index contributed by atoms with van der Waals surface area (Å²) in [6.45, 7) is 4.30. The van der Waals surface area contributed by atoms with Crippen LogP contribution in [0.2, 0.25) is 0 Å². The molecule has 10 heteroatoms. The van der Waals surface area contributed by atoms with E-state index in [-0.39, 0.29) is 32.0 Å². The molecule has 0 aliphatic heterocycles. The lowest BCUT2D eigenvalue weighted by atomic mass is 10.0. The molecule has 0 N–H and O–H groups in total. The van der Waals surface area contributed by atoms with Gasteiger partial charge in [-0.3, -0.25) is 14.2 Å². The number of phosphoric ester groups is 1. The molecular formula is C84H160NO8P. The van der Waals surface area contributed by atoms with E-state index in [9.17, 15) is 19.0 Å². The Balaban J connectivity index is 3.89. The van der Waals surface area contributed by atoms with Crippen molar-refractivity contribution in [2.24, 2.45) is 0 Å². The fraction of sp³-hybridized carbons (Fsp3) is 0.881. The molecule has 0 fully saturated rings. The third kappa shape index (κ3) is 79.0. The van der Waals surface area contributed by atoms with E-state index >= 15 is 0 Å². The van der Waals surface area contributed by atoms with E-state index in [1.165, 1.54) is 340 Å². The van der Waals surface area contributed by atoms with Gasteiger partial charge in [0.05, 0.1) is 27.7 Å². The number of hydrogen-bond donors (Lipinski definition) is 0. The van der Waals surface area contributed by atoms with Crippen molar-refractivity contribution in [1.29, 1.82) is 0 Å². The van der Waals surface area contributed by atoms with Gasteiger partial charge in [0.25, 0.3) is 7.82 Å². The second-order valence-corrected chi connectivity index (χ2v) is 30.9. The molecule has 0 aromatic rings. The lowest BCUT2D eigenvalue weighted by molar-refractivity contribution is -0.870. The number of hydrogen-bond acceptors (Lipinski definition) is 8. The van der Waals surface area contributed by atoms with Gasteiger partial charge in [0.2, 0.25) is 0 Å². The molecular weight excluding hydrogens is 1180 g/mol. The zero-order valence-electron chi connectivity index (χ0n) is 63.4. The molecule has 0 heterocycles. The van der Waals surface area contributed by atoms with Crippen LogP contribution in [-0.4, -0.2) is 70.0 Å². The molecule has 0 amide bonds. The first-order valence-electron chi connectivity index (χ1n) is 41.3. The first-order chi connectivity index (χ1) is 46.0. The highest BCUT2D eigenvalue weighted by molar-refractivity contribution is 7.45. The van der Waals surface area contributed by atoms with Crippen molar-refractivity contribution in [1.82, 2.24) is 0 Å². The molecule has 0 aliphatic carbocycles. The molecule has 0 saturated carbocycles. The molecule has 0 rings (SSSR count). The monoisotopic (exact) mass is 1340 g/mol. The summed E-state index contributed by atoms with van der Waals surface area (Å²) >= 11 is 0. The van der Waals surface area contributed by atoms with Crippen LogP contribution in [0.3, 0.4) is 0 Å². The molecule has 2 atom stereocenters. The molecule has 0 bridgehead atoms. The van der Waals surface area contributed by atoms with E-state index < -0.39 is 26.5 Å². The molecule has 2 unspecified atom stereocenters. The van der Waals surface area contributed by atoms with E-state index in [0.29, 0.717) is 17.4 Å². The molecule has 0 saturated heterocycles. The van der Waals surface area contributed by atoms with E-state index in [2.05, 4.69) is 62.5 Å². The molecule has 0 radical (unpaired) electrons. The molecule has 0 aromatic carbocycles. The first-order valence-corrected chi connectivity index (χ1v) is 42.8. The number of nitrogens with zero attached hydrogens (tertiary/aromatic N) is 1. The summed E-state index contributed by atoms with van der Waals surface area (Å²) in [5.74, 6) is -0.810. The van der Waals surface area contributed by atoms with Gasteiger partial charge >= 0.3 is 11.9 Å². The molecule has 94 heavy (non-hydrogen) atoms. The van der Waals surface area contributed by atoms with Crippen molar-refractivity contribution in [3.63, 3.8) is 0 Å². The fourth-order valence-electron chi connectivity index (χ4n) is 12.5. The number of carbonyl (C=O) groups excluding carboxylic acids is 2. The highest BCUT2D eigenvalue weighted by atomic mass is 31.2. The Bertz CT molecular complexity index is 1720. The predicted molar refractivity (Wildman–Crippen MR) is 407 cm³/mol. The minimum absolute atomic E-state index is 0.0285. The normalized spacial score (nSPS) is 13.2. The van der Waals surface area contributed by atoms with Crippen LogP contribution in [0, 0.1) is 0 Å². The number of carbonyl (C=O) groups is 2. The maximum absolute atomic E-state index is 12.9. The third-order valence-electron chi connectivity index (χ3n) is 18.8. The van der Waals surface area contributed by atoms with Crippen molar-refractivity contribution in [3.8, 4) is 0 Å². The highest BCUT2D eigenvalue weighted by Crippen LogP contribution is 2.38. The minimum atomic E-state index is -4.64. The average Bonchev–Trinajstić information content (AvgIpc) is 1.66. The summed E-state index contributed by atoms with van der Waals surface area (Å²) < 4.78 is 34.4. The maximum atomic E-state index is 12.9. The van der Waals surface area contributed by atoms with Gasteiger partial charge in [0.1, 0.15) is 19.8 Å². The number of likely N-dealkylation sites (N-methyl/N-ethyl adjacent to an activating group) is 1. The molecule has 554 valence electrons. The Morgan fingerprint density at radius 1 is 0.330 bits per heavy atom. The number of quaternary nitrogens is 1. The van der Waals surface area contributed by atoms with Crippen LogP contribution in [0.25, 0.3) is 0 Å². The smallest absolute Gasteiger partial charge is 0.306 e. The summed E-state index contributed by atoms with van der Waals surface area (Å²) in [5, 5.41) is 0. The number of allylic oxidation sites excluding steroid dienone is 8. The number of esters is 2. The number of phosphoric acid groups is 1. The van der Waals surface area contributed by atoms with Crippen LogP contribution >= 0.6 is 7.82 Å². The SMILES string of the molecule is CCCCCCC/C=C\C/C=C\C/C=C\CCCCCCCCCCCCCCCCCCC(=O)OC(COC(=O)CCCCCCCCCCCCCCCCCCCCCCCCCCCCC/C=C\CCCCCCCCCC)COP(=O)([O-])OCC[N+](C)(C)C. The number of rotatable bonds is 78. The van der Waals surface area contributed by atoms with Crippen molar-refractivity contribution in [2.45, 2.75) is 431 Å². The van der Waals surface area contributed by atoms with Gasteiger partial charge in [-0.05, 0) is 77.0 Å². The summed E-state index contributed by atoms with van der Waals surface area (Å²) in [4.78, 5) is 38.2. The van der Waals surface area contributed by atoms with E-state index in [1.807, 2.05) is 21.1 Å². The van der Waals surface area contributed by atoms with Crippen LogP contribution in [-0.2, 0) is 32.7 Å². The largest absolute Gasteiger partial charge is 0.756 e. The fourth-order valence-corrected chi connectivity index (χ4v) is 13.2. The van der Waals surface area contributed by atoms with Crippen LogP contribution in [0.15, 0.2) is 48.6 Å². The van der Waals surface area contributed by atoms with Gasteiger partial charge in [-0.2, -0.15) is 0 Å². The van der Waals surface area contributed by atoms with E-state index in [0.717, 1.165) is 51.4 Å². The third-order valence-corrected chi connectivity index (χ3v) is 19.8. The van der Waals surface area contributed by atoms with Gasteiger partial charge in [0.15, 0.2) is 6.10 Å². The van der Waals surface area contributed by atoms with Gasteiger partial charge in [-0.1, -0.05) is 383 Å². The quantitative estimate of drug-likeness (QED) is 0.0195. The van der Waals surface area contributed by atoms with Crippen molar-refractivity contribution in [3.05, 3.63) is 48.6 Å².